The third kappa shape index (κ3) is 7.42. The number of thiol groups is 1. The number of hydrogen-bond donors (Lipinski definition) is 4. The first-order valence-electron chi connectivity index (χ1n) is 8.34. The van der Waals surface area contributed by atoms with Gasteiger partial charge in [-0.2, -0.15) is 0 Å². The molecule has 0 amide bonds. The average molecular weight is 418 g/mol. The van der Waals surface area contributed by atoms with Crippen molar-refractivity contribution in [3.05, 3.63) is 89.4 Å². The van der Waals surface area contributed by atoms with Crippen LogP contribution in [0.5, 0.6) is 11.5 Å². The predicted octanol–water partition coefficient (Wildman–Crippen LogP) is 5.06. The van der Waals surface area contributed by atoms with E-state index in [2.05, 4.69) is 17.9 Å². The van der Waals surface area contributed by atoms with Gasteiger partial charge in [0.05, 0.1) is 0 Å². The summed E-state index contributed by atoms with van der Waals surface area (Å²) in [5.74, 6) is -0.592. The zero-order chi connectivity index (χ0) is 20.4. The molecule has 0 aliphatic heterocycles. The second-order valence-electron chi connectivity index (χ2n) is 5.62. The topological polar surface area (TPSA) is 78.8 Å². The number of rotatable bonds is 6. The molecular formula is C21H20ClNO4S. The van der Waals surface area contributed by atoms with Crippen LogP contribution >= 0.6 is 24.2 Å². The first-order valence-corrected chi connectivity index (χ1v) is 9.24. The van der Waals surface area contributed by atoms with E-state index in [0.717, 1.165) is 11.3 Å². The molecule has 3 N–H and O–H groups in total. The van der Waals surface area contributed by atoms with Crippen LogP contribution in [0.25, 0.3) is 0 Å². The Morgan fingerprint density at radius 1 is 1.04 bits per heavy atom. The number of benzene rings is 3. The van der Waals surface area contributed by atoms with Crippen LogP contribution in [-0.2, 0) is 11.3 Å². The van der Waals surface area contributed by atoms with Crippen molar-refractivity contribution >= 4 is 35.9 Å². The van der Waals surface area contributed by atoms with Crippen LogP contribution in [0.4, 0.5) is 5.69 Å². The lowest BCUT2D eigenvalue weighted by molar-refractivity contribution is -0.140. The molecule has 7 heteroatoms. The molecular weight excluding hydrogens is 398 g/mol. The number of carboxylic acid groups (broad SMARTS) is 1. The van der Waals surface area contributed by atoms with Gasteiger partial charge in [0, 0.05) is 17.3 Å². The maximum absolute atomic E-state index is 10.6. The number of halogens is 1. The van der Waals surface area contributed by atoms with E-state index in [9.17, 15) is 9.90 Å². The Morgan fingerprint density at radius 2 is 1.61 bits per heavy atom. The number of phenols is 1. The third-order valence-electron chi connectivity index (χ3n) is 3.49. The van der Waals surface area contributed by atoms with Gasteiger partial charge in [-0.15, -0.1) is 12.6 Å². The molecule has 0 bridgehead atoms. The van der Waals surface area contributed by atoms with Crippen molar-refractivity contribution in [2.75, 3.05) is 5.32 Å². The highest BCUT2D eigenvalue weighted by molar-refractivity contribution is 7.81. The van der Waals surface area contributed by atoms with Crippen LogP contribution in [0.1, 0.15) is 5.56 Å². The SMILES string of the molecule is O=C(O)C(S)Oc1ccc(NCc2cc(O)ccc2Cl)cc1.c1ccccc1. The van der Waals surface area contributed by atoms with Crippen molar-refractivity contribution in [2.24, 2.45) is 0 Å². The van der Waals surface area contributed by atoms with Gasteiger partial charge in [0.15, 0.2) is 0 Å². The highest BCUT2D eigenvalue weighted by atomic mass is 35.5. The quantitative estimate of drug-likeness (QED) is 0.333. The molecule has 3 aromatic carbocycles. The maximum atomic E-state index is 10.6. The molecule has 0 spiro atoms. The fourth-order valence-corrected chi connectivity index (χ4v) is 2.42. The number of anilines is 1. The molecule has 1 atom stereocenters. The largest absolute Gasteiger partial charge is 0.508 e. The molecule has 5 nitrogen and oxygen atoms in total. The Bertz CT molecular complexity index is 849. The summed E-state index contributed by atoms with van der Waals surface area (Å²) in [4.78, 5) is 10.6. The molecule has 0 heterocycles. The third-order valence-corrected chi connectivity index (χ3v) is 4.19. The minimum atomic E-state index is -1.20. The molecule has 0 aromatic heterocycles. The van der Waals surface area contributed by atoms with Crippen molar-refractivity contribution in [1.29, 1.82) is 0 Å². The van der Waals surface area contributed by atoms with Crippen molar-refractivity contribution in [1.82, 2.24) is 0 Å². The second kappa shape index (κ2) is 11.1. The minimum Gasteiger partial charge on any atom is -0.508 e. The summed E-state index contributed by atoms with van der Waals surface area (Å²) in [5, 5.41) is 21.9. The number of phenolic OH excluding ortho intramolecular Hbond substituents is 1. The molecule has 0 radical (unpaired) electrons. The smallest absolute Gasteiger partial charge is 0.355 e. The van der Waals surface area contributed by atoms with Gasteiger partial charge < -0.3 is 20.3 Å². The van der Waals surface area contributed by atoms with E-state index >= 15 is 0 Å². The summed E-state index contributed by atoms with van der Waals surface area (Å²) in [7, 11) is 0. The number of carbonyl (C=O) groups is 1. The van der Waals surface area contributed by atoms with Gasteiger partial charge in [0.1, 0.15) is 11.5 Å². The fraction of sp³-hybridized carbons (Fsp3) is 0.0952. The van der Waals surface area contributed by atoms with Gasteiger partial charge in [0.25, 0.3) is 0 Å². The number of aliphatic carboxylic acids is 1. The number of carboxylic acids is 1. The lowest BCUT2D eigenvalue weighted by Gasteiger charge is -2.11. The summed E-state index contributed by atoms with van der Waals surface area (Å²) in [6.45, 7) is 0.442. The van der Waals surface area contributed by atoms with E-state index in [4.69, 9.17) is 21.4 Å². The Balaban J connectivity index is 0.000000397. The monoisotopic (exact) mass is 417 g/mol. The average Bonchev–Trinajstić information content (AvgIpc) is 2.71. The van der Waals surface area contributed by atoms with E-state index < -0.39 is 11.4 Å². The van der Waals surface area contributed by atoms with Crippen LogP contribution < -0.4 is 10.1 Å². The number of nitrogens with one attached hydrogen (secondary N) is 1. The molecule has 146 valence electrons. The summed E-state index contributed by atoms with van der Waals surface area (Å²) in [6, 6.07) is 23.5. The van der Waals surface area contributed by atoms with E-state index in [1.807, 2.05) is 36.4 Å². The second-order valence-corrected chi connectivity index (χ2v) is 6.49. The highest BCUT2D eigenvalue weighted by Gasteiger charge is 2.13. The Morgan fingerprint density at radius 3 is 2.14 bits per heavy atom. The number of hydrogen-bond acceptors (Lipinski definition) is 5. The molecule has 1 unspecified atom stereocenters. The zero-order valence-electron chi connectivity index (χ0n) is 14.8. The molecule has 3 aromatic rings. The normalized spacial score (nSPS) is 10.9. The first-order chi connectivity index (χ1) is 13.5. The van der Waals surface area contributed by atoms with E-state index in [1.165, 1.54) is 6.07 Å². The number of ether oxygens (including phenoxy) is 1. The Labute approximate surface area is 174 Å². The van der Waals surface area contributed by atoms with Crippen LogP contribution in [-0.4, -0.2) is 21.6 Å². The molecule has 3 rings (SSSR count). The molecule has 0 saturated heterocycles. The number of aromatic hydroxyl groups is 1. The first kappa shape index (κ1) is 21.5. The van der Waals surface area contributed by atoms with Crippen molar-refractivity contribution < 1.29 is 19.7 Å². The van der Waals surface area contributed by atoms with Gasteiger partial charge in [-0.05, 0) is 48.0 Å². The lowest BCUT2D eigenvalue weighted by Crippen LogP contribution is -2.20. The molecule has 0 aliphatic carbocycles. The summed E-state index contributed by atoms with van der Waals surface area (Å²) >= 11 is 9.84. The molecule has 0 saturated carbocycles. The standard InChI is InChI=1S/C15H14ClNO4S.C6H6/c16-13-6-3-11(18)7-9(13)8-17-10-1-4-12(5-2-10)21-15(22)14(19)20;1-2-4-6-5-3-1/h1-7,15,17-18,22H,8H2,(H,19,20);1-6H. The molecule has 0 aliphatic rings. The molecule has 28 heavy (non-hydrogen) atoms. The van der Waals surface area contributed by atoms with Crippen molar-refractivity contribution in [2.45, 2.75) is 12.0 Å². The van der Waals surface area contributed by atoms with Gasteiger partial charge in [0.2, 0.25) is 5.44 Å². The molecule has 0 fully saturated rings. The Hall–Kier alpha value is -2.83. The maximum Gasteiger partial charge on any atom is 0.355 e. The predicted molar refractivity (Wildman–Crippen MR) is 114 cm³/mol. The summed E-state index contributed by atoms with van der Waals surface area (Å²) in [6.07, 6.45) is 0. The van der Waals surface area contributed by atoms with Crippen LogP contribution in [0.2, 0.25) is 5.02 Å². The van der Waals surface area contributed by atoms with Crippen molar-refractivity contribution in [3.63, 3.8) is 0 Å². The summed E-state index contributed by atoms with van der Waals surface area (Å²) in [5.41, 5.74) is 0.367. The van der Waals surface area contributed by atoms with E-state index in [0.29, 0.717) is 17.3 Å². The van der Waals surface area contributed by atoms with Crippen LogP contribution in [0.3, 0.4) is 0 Å². The fourth-order valence-electron chi connectivity index (χ4n) is 2.11. The van der Waals surface area contributed by atoms with Gasteiger partial charge in [-0.1, -0.05) is 48.0 Å². The van der Waals surface area contributed by atoms with Crippen LogP contribution in [0.15, 0.2) is 78.9 Å². The van der Waals surface area contributed by atoms with Gasteiger partial charge in [-0.25, -0.2) is 4.79 Å². The van der Waals surface area contributed by atoms with Crippen LogP contribution in [0, 0.1) is 0 Å². The van der Waals surface area contributed by atoms with E-state index in [-0.39, 0.29) is 5.75 Å². The van der Waals surface area contributed by atoms with E-state index in [1.54, 1.807) is 36.4 Å². The Kier molecular flexibility index (Phi) is 8.52. The highest BCUT2D eigenvalue weighted by Crippen LogP contribution is 2.23. The zero-order valence-corrected chi connectivity index (χ0v) is 16.5. The minimum absolute atomic E-state index is 0.151. The lowest BCUT2D eigenvalue weighted by atomic mass is 10.2. The van der Waals surface area contributed by atoms with Gasteiger partial charge >= 0.3 is 5.97 Å². The van der Waals surface area contributed by atoms with Crippen molar-refractivity contribution in [3.8, 4) is 11.5 Å². The van der Waals surface area contributed by atoms with Gasteiger partial charge in [-0.3, -0.25) is 0 Å². The summed E-state index contributed by atoms with van der Waals surface area (Å²) < 4.78 is 5.11.